The molecule has 1 aliphatic heterocycles. The van der Waals surface area contributed by atoms with Gasteiger partial charge in [-0.25, -0.2) is 0 Å². The van der Waals surface area contributed by atoms with Crippen LogP contribution < -0.4 is 5.32 Å². The van der Waals surface area contributed by atoms with Crippen molar-refractivity contribution in [2.45, 2.75) is 64.1 Å². The molecule has 0 spiro atoms. The molecule has 1 aromatic heterocycles. The van der Waals surface area contributed by atoms with Crippen LogP contribution in [-0.2, 0) is 0 Å². The van der Waals surface area contributed by atoms with Crippen molar-refractivity contribution >= 4 is 5.91 Å². The minimum atomic E-state index is 0.0946. The first-order valence-electron chi connectivity index (χ1n) is 8.25. The summed E-state index contributed by atoms with van der Waals surface area (Å²) in [6.07, 6.45) is 7.79. The summed E-state index contributed by atoms with van der Waals surface area (Å²) in [6.45, 7) is 6.23. The summed E-state index contributed by atoms with van der Waals surface area (Å²) in [4.78, 5) is 14.8. The number of nitrogens with one attached hydrogen (secondary N) is 1. The van der Waals surface area contributed by atoms with Gasteiger partial charge in [0.15, 0.2) is 0 Å². The number of piperidine rings is 1. The van der Waals surface area contributed by atoms with Crippen LogP contribution >= 0.6 is 0 Å². The second-order valence-electron chi connectivity index (χ2n) is 6.57. The summed E-state index contributed by atoms with van der Waals surface area (Å²) in [5.74, 6) is 0.0946. The molecule has 116 valence electrons. The summed E-state index contributed by atoms with van der Waals surface area (Å²) in [6, 6.07) is 2.92. The fourth-order valence-electron chi connectivity index (χ4n) is 3.33. The lowest BCUT2D eigenvalue weighted by molar-refractivity contribution is 0.0481. The third kappa shape index (κ3) is 2.98. The van der Waals surface area contributed by atoms with E-state index in [0.29, 0.717) is 17.8 Å². The van der Waals surface area contributed by atoms with Gasteiger partial charge >= 0.3 is 0 Å². The van der Waals surface area contributed by atoms with Gasteiger partial charge in [0.25, 0.3) is 5.91 Å². The molecular weight excluding hydrogens is 264 g/mol. The minimum absolute atomic E-state index is 0.0946. The van der Waals surface area contributed by atoms with E-state index in [1.54, 1.807) is 0 Å². The summed E-state index contributed by atoms with van der Waals surface area (Å²) in [5.41, 5.74) is 0.598. The van der Waals surface area contributed by atoms with E-state index in [1.165, 1.54) is 12.8 Å². The normalized spacial score (nSPS) is 23.1. The zero-order valence-electron chi connectivity index (χ0n) is 13.1. The van der Waals surface area contributed by atoms with Crippen LogP contribution in [0.25, 0.3) is 0 Å². The number of hydrogen-bond acceptors (Lipinski definition) is 3. The largest absolute Gasteiger partial charge is 0.332 e. The lowest BCUT2D eigenvalue weighted by Crippen LogP contribution is -2.48. The molecule has 5 nitrogen and oxygen atoms in total. The van der Waals surface area contributed by atoms with Crippen LogP contribution in [0, 0.1) is 0 Å². The highest BCUT2D eigenvalue weighted by Crippen LogP contribution is 2.28. The van der Waals surface area contributed by atoms with Crippen LogP contribution in [-0.4, -0.2) is 45.8 Å². The number of amides is 1. The Hall–Kier alpha value is -1.36. The summed E-state index contributed by atoms with van der Waals surface area (Å²) in [5, 5.41) is 7.96. The molecule has 0 bridgehead atoms. The fraction of sp³-hybridized carbons (Fsp3) is 0.750. The Morgan fingerprint density at radius 1 is 1.38 bits per heavy atom. The van der Waals surface area contributed by atoms with Crippen LogP contribution in [0.2, 0.25) is 0 Å². The van der Waals surface area contributed by atoms with Gasteiger partial charge in [0, 0.05) is 24.8 Å². The van der Waals surface area contributed by atoms with E-state index in [2.05, 4.69) is 24.3 Å². The van der Waals surface area contributed by atoms with Gasteiger partial charge in [0.05, 0.1) is 6.04 Å². The van der Waals surface area contributed by atoms with Gasteiger partial charge in [0.2, 0.25) is 0 Å². The molecule has 1 aromatic rings. The van der Waals surface area contributed by atoms with Crippen molar-refractivity contribution in [3.05, 3.63) is 18.0 Å². The van der Waals surface area contributed by atoms with E-state index < -0.39 is 0 Å². The molecule has 21 heavy (non-hydrogen) atoms. The van der Waals surface area contributed by atoms with Crippen LogP contribution in [0.5, 0.6) is 0 Å². The second-order valence-corrected chi connectivity index (χ2v) is 6.57. The van der Waals surface area contributed by atoms with Crippen molar-refractivity contribution in [3.8, 4) is 0 Å². The first kappa shape index (κ1) is 14.6. The number of nitrogens with zero attached hydrogens (tertiary/aromatic N) is 3. The molecule has 1 atom stereocenters. The Morgan fingerprint density at radius 2 is 2.19 bits per heavy atom. The standard InChI is InChI=1S/C16H26N4O/c1-12(2)20(13-5-3-6-13)16(21)15-8-10-19(18-15)14-7-4-9-17-11-14/h8,10,12-14,17H,3-7,9,11H2,1-2H3. The maximum atomic E-state index is 12.8. The third-order valence-electron chi connectivity index (χ3n) is 4.73. The van der Waals surface area contributed by atoms with Crippen LogP contribution in [0.3, 0.4) is 0 Å². The summed E-state index contributed by atoms with van der Waals surface area (Å²) < 4.78 is 1.97. The van der Waals surface area contributed by atoms with Crippen molar-refractivity contribution in [3.63, 3.8) is 0 Å². The second kappa shape index (κ2) is 6.18. The van der Waals surface area contributed by atoms with Gasteiger partial charge in [0.1, 0.15) is 5.69 Å². The van der Waals surface area contributed by atoms with Gasteiger partial charge in [-0.05, 0) is 58.6 Å². The monoisotopic (exact) mass is 290 g/mol. The first-order chi connectivity index (χ1) is 10.2. The quantitative estimate of drug-likeness (QED) is 0.925. The minimum Gasteiger partial charge on any atom is -0.332 e. The number of hydrogen-bond donors (Lipinski definition) is 1. The van der Waals surface area contributed by atoms with Crippen molar-refractivity contribution in [1.82, 2.24) is 20.0 Å². The molecule has 2 aliphatic rings. The van der Waals surface area contributed by atoms with Gasteiger partial charge in [-0.15, -0.1) is 0 Å². The Balaban J connectivity index is 1.73. The Labute approximate surface area is 126 Å². The van der Waals surface area contributed by atoms with E-state index in [-0.39, 0.29) is 11.9 Å². The summed E-state index contributed by atoms with van der Waals surface area (Å²) in [7, 11) is 0. The topological polar surface area (TPSA) is 50.2 Å². The van der Waals surface area contributed by atoms with E-state index in [9.17, 15) is 4.79 Å². The molecule has 2 heterocycles. The van der Waals surface area contributed by atoms with E-state index in [1.807, 2.05) is 21.8 Å². The highest BCUT2D eigenvalue weighted by Gasteiger charge is 2.32. The van der Waals surface area contributed by atoms with Crippen LogP contribution in [0.15, 0.2) is 12.3 Å². The highest BCUT2D eigenvalue weighted by molar-refractivity contribution is 5.92. The Kier molecular flexibility index (Phi) is 4.29. The molecular formula is C16H26N4O. The van der Waals surface area contributed by atoms with E-state index >= 15 is 0 Å². The van der Waals surface area contributed by atoms with Crippen molar-refractivity contribution in [1.29, 1.82) is 0 Å². The Bertz CT molecular complexity index is 486. The van der Waals surface area contributed by atoms with Crippen molar-refractivity contribution in [2.75, 3.05) is 13.1 Å². The molecule has 0 aromatic carbocycles. The van der Waals surface area contributed by atoms with E-state index in [0.717, 1.165) is 32.4 Å². The predicted molar refractivity (Wildman–Crippen MR) is 82.3 cm³/mol. The number of aromatic nitrogens is 2. The van der Waals surface area contributed by atoms with Gasteiger partial charge in [-0.3, -0.25) is 9.48 Å². The number of rotatable bonds is 4. The molecule has 1 N–H and O–H groups in total. The van der Waals surface area contributed by atoms with Gasteiger partial charge < -0.3 is 10.2 Å². The average molecular weight is 290 g/mol. The molecule has 2 fully saturated rings. The fourth-order valence-corrected chi connectivity index (χ4v) is 3.33. The molecule has 1 aliphatic carbocycles. The van der Waals surface area contributed by atoms with E-state index in [4.69, 9.17) is 0 Å². The predicted octanol–water partition coefficient (Wildman–Crippen LogP) is 2.21. The van der Waals surface area contributed by atoms with Crippen molar-refractivity contribution < 1.29 is 4.79 Å². The number of carbonyl (C=O) groups excluding carboxylic acids is 1. The smallest absolute Gasteiger partial charge is 0.274 e. The Morgan fingerprint density at radius 3 is 2.76 bits per heavy atom. The molecule has 5 heteroatoms. The zero-order chi connectivity index (χ0) is 14.8. The molecule has 1 amide bonds. The van der Waals surface area contributed by atoms with Crippen LogP contribution in [0.1, 0.15) is 62.5 Å². The average Bonchev–Trinajstić information content (AvgIpc) is 2.92. The zero-order valence-corrected chi connectivity index (χ0v) is 13.1. The molecule has 1 unspecified atom stereocenters. The molecule has 3 rings (SSSR count). The van der Waals surface area contributed by atoms with Crippen molar-refractivity contribution in [2.24, 2.45) is 0 Å². The maximum Gasteiger partial charge on any atom is 0.274 e. The highest BCUT2D eigenvalue weighted by atomic mass is 16.2. The lowest BCUT2D eigenvalue weighted by Gasteiger charge is -2.40. The van der Waals surface area contributed by atoms with Gasteiger partial charge in [-0.1, -0.05) is 0 Å². The number of carbonyl (C=O) groups is 1. The molecule has 1 saturated carbocycles. The SMILES string of the molecule is CC(C)N(C(=O)c1ccn(C2CCCNC2)n1)C1CCC1. The lowest BCUT2D eigenvalue weighted by atomic mass is 9.90. The van der Waals surface area contributed by atoms with Crippen LogP contribution in [0.4, 0.5) is 0 Å². The maximum absolute atomic E-state index is 12.8. The third-order valence-corrected chi connectivity index (χ3v) is 4.73. The van der Waals surface area contributed by atoms with Gasteiger partial charge in [-0.2, -0.15) is 5.10 Å². The summed E-state index contributed by atoms with van der Waals surface area (Å²) >= 11 is 0. The first-order valence-corrected chi connectivity index (χ1v) is 8.25. The molecule has 1 saturated heterocycles. The molecule has 0 radical (unpaired) electrons.